The molecule has 1 aliphatic rings. The Morgan fingerprint density at radius 1 is 1.35 bits per heavy atom. The Balaban J connectivity index is 1.99. The van der Waals surface area contributed by atoms with Crippen molar-refractivity contribution in [3.05, 3.63) is 29.6 Å². The van der Waals surface area contributed by atoms with E-state index in [0.29, 0.717) is 18.6 Å². The fourth-order valence-corrected chi connectivity index (χ4v) is 2.55. The van der Waals surface area contributed by atoms with Gasteiger partial charge >= 0.3 is 0 Å². The van der Waals surface area contributed by atoms with Crippen LogP contribution in [0.25, 0.3) is 0 Å². The second kappa shape index (κ2) is 6.22. The quantitative estimate of drug-likeness (QED) is 0.890. The molecule has 2 N–H and O–H groups in total. The van der Waals surface area contributed by atoms with Crippen LogP contribution in [0.15, 0.2) is 18.2 Å². The number of amides is 1. The van der Waals surface area contributed by atoms with Crippen molar-refractivity contribution in [3.63, 3.8) is 0 Å². The molecule has 1 aromatic carbocycles. The average molecular weight is 281 g/mol. The van der Waals surface area contributed by atoms with Gasteiger partial charge in [-0.1, -0.05) is 19.3 Å². The number of hydrogen-bond acceptors (Lipinski definition) is 3. The molecule has 0 saturated heterocycles. The normalized spacial score (nSPS) is 17.6. The Hall–Kier alpha value is -1.62. The number of methoxy groups -OCH3 is 1. The largest absolute Gasteiger partial charge is 0.497 e. The minimum absolute atomic E-state index is 0.196. The second-order valence-electron chi connectivity index (χ2n) is 5.35. The molecule has 0 radical (unpaired) electrons. The van der Waals surface area contributed by atoms with Crippen molar-refractivity contribution in [1.29, 1.82) is 0 Å². The minimum atomic E-state index is -0.828. The zero-order valence-electron chi connectivity index (χ0n) is 11.6. The topological polar surface area (TPSA) is 58.6 Å². The van der Waals surface area contributed by atoms with E-state index >= 15 is 0 Å². The third kappa shape index (κ3) is 3.70. The number of benzene rings is 1. The van der Waals surface area contributed by atoms with Gasteiger partial charge in [0.1, 0.15) is 11.6 Å². The van der Waals surface area contributed by atoms with Gasteiger partial charge in [0, 0.05) is 18.2 Å². The molecule has 0 atom stereocenters. The highest BCUT2D eigenvalue weighted by atomic mass is 19.1. The van der Waals surface area contributed by atoms with Crippen molar-refractivity contribution in [2.45, 2.75) is 37.7 Å². The highest BCUT2D eigenvalue weighted by molar-refractivity contribution is 5.94. The first-order valence-electron chi connectivity index (χ1n) is 6.88. The molecule has 1 fully saturated rings. The predicted octanol–water partition coefficient (Wildman–Crippen LogP) is 2.26. The number of halogens is 1. The van der Waals surface area contributed by atoms with Crippen molar-refractivity contribution >= 4 is 5.91 Å². The summed E-state index contributed by atoms with van der Waals surface area (Å²) in [6.45, 7) is 0.199. The van der Waals surface area contributed by atoms with Gasteiger partial charge in [-0.25, -0.2) is 4.39 Å². The molecule has 1 aromatic rings. The average Bonchev–Trinajstić information content (AvgIpc) is 2.45. The third-order valence-electron chi connectivity index (χ3n) is 3.73. The first-order chi connectivity index (χ1) is 9.52. The van der Waals surface area contributed by atoms with Crippen molar-refractivity contribution in [2.75, 3.05) is 13.7 Å². The molecule has 1 saturated carbocycles. The molecule has 20 heavy (non-hydrogen) atoms. The van der Waals surface area contributed by atoms with Crippen LogP contribution >= 0.6 is 0 Å². The zero-order valence-corrected chi connectivity index (χ0v) is 11.6. The molecule has 0 spiro atoms. The maximum Gasteiger partial charge on any atom is 0.251 e. The summed E-state index contributed by atoms with van der Waals surface area (Å²) < 4.78 is 18.3. The van der Waals surface area contributed by atoms with Crippen LogP contribution in [-0.2, 0) is 0 Å². The van der Waals surface area contributed by atoms with Gasteiger partial charge < -0.3 is 15.2 Å². The van der Waals surface area contributed by atoms with Crippen LogP contribution in [0.2, 0.25) is 0 Å². The van der Waals surface area contributed by atoms with Gasteiger partial charge in [0.05, 0.1) is 12.7 Å². The Labute approximate surface area is 117 Å². The number of ether oxygens (including phenoxy) is 1. The van der Waals surface area contributed by atoms with E-state index in [4.69, 9.17) is 4.74 Å². The fourth-order valence-electron chi connectivity index (χ4n) is 2.55. The SMILES string of the molecule is COc1cc(F)cc(C(=O)NCC2(O)CCCCC2)c1. The summed E-state index contributed by atoms with van der Waals surface area (Å²) in [5.74, 6) is -0.626. The Morgan fingerprint density at radius 3 is 2.70 bits per heavy atom. The Bertz CT molecular complexity index is 484. The molecule has 0 aromatic heterocycles. The van der Waals surface area contributed by atoms with Crippen LogP contribution in [0.5, 0.6) is 5.75 Å². The van der Waals surface area contributed by atoms with E-state index in [1.807, 2.05) is 0 Å². The van der Waals surface area contributed by atoms with Gasteiger partial charge in [0.25, 0.3) is 5.91 Å². The van der Waals surface area contributed by atoms with Gasteiger partial charge in [-0.15, -0.1) is 0 Å². The summed E-state index contributed by atoms with van der Waals surface area (Å²) in [7, 11) is 1.42. The molecule has 1 aliphatic carbocycles. The van der Waals surface area contributed by atoms with E-state index in [1.165, 1.54) is 19.2 Å². The zero-order chi connectivity index (χ0) is 14.6. The molecule has 5 heteroatoms. The number of rotatable bonds is 4. The van der Waals surface area contributed by atoms with Crippen LogP contribution < -0.4 is 10.1 Å². The summed E-state index contributed by atoms with van der Waals surface area (Å²) in [4.78, 5) is 12.0. The molecular formula is C15H20FNO3. The number of hydrogen-bond donors (Lipinski definition) is 2. The number of carbonyl (C=O) groups is 1. The van der Waals surface area contributed by atoms with Gasteiger partial charge in [-0.2, -0.15) is 0 Å². The molecule has 0 bridgehead atoms. The van der Waals surface area contributed by atoms with E-state index in [1.54, 1.807) is 0 Å². The Morgan fingerprint density at radius 2 is 2.05 bits per heavy atom. The molecule has 4 nitrogen and oxygen atoms in total. The molecule has 2 rings (SSSR count). The van der Waals surface area contributed by atoms with Crippen molar-refractivity contribution in [3.8, 4) is 5.75 Å². The van der Waals surface area contributed by atoms with Crippen molar-refractivity contribution < 1.29 is 19.0 Å². The van der Waals surface area contributed by atoms with E-state index in [-0.39, 0.29) is 12.1 Å². The molecule has 0 aliphatic heterocycles. The van der Waals surface area contributed by atoms with Gasteiger partial charge in [-0.3, -0.25) is 4.79 Å². The standard InChI is InChI=1S/C15H20FNO3/c1-20-13-8-11(7-12(16)9-13)14(18)17-10-15(19)5-3-2-4-6-15/h7-9,19H,2-6,10H2,1H3,(H,17,18). The van der Waals surface area contributed by atoms with Crippen LogP contribution in [-0.4, -0.2) is 30.3 Å². The lowest BCUT2D eigenvalue weighted by molar-refractivity contribution is 0.00525. The van der Waals surface area contributed by atoms with Crippen molar-refractivity contribution in [2.24, 2.45) is 0 Å². The number of nitrogens with one attached hydrogen (secondary N) is 1. The summed E-state index contributed by atoms with van der Waals surface area (Å²) in [5, 5.41) is 13.0. The lowest BCUT2D eigenvalue weighted by Gasteiger charge is -2.32. The lowest BCUT2D eigenvalue weighted by Crippen LogP contribution is -2.44. The lowest BCUT2D eigenvalue weighted by atomic mass is 9.85. The van der Waals surface area contributed by atoms with Crippen LogP contribution in [0.4, 0.5) is 4.39 Å². The van der Waals surface area contributed by atoms with E-state index in [9.17, 15) is 14.3 Å². The third-order valence-corrected chi connectivity index (χ3v) is 3.73. The maximum absolute atomic E-state index is 13.3. The highest BCUT2D eigenvalue weighted by Crippen LogP contribution is 2.27. The molecular weight excluding hydrogens is 261 g/mol. The van der Waals surface area contributed by atoms with Crippen molar-refractivity contribution in [1.82, 2.24) is 5.32 Å². The Kier molecular flexibility index (Phi) is 4.60. The minimum Gasteiger partial charge on any atom is -0.497 e. The first kappa shape index (κ1) is 14.8. The summed E-state index contributed by atoms with van der Waals surface area (Å²) >= 11 is 0. The molecule has 1 amide bonds. The predicted molar refractivity (Wildman–Crippen MR) is 73.3 cm³/mol. The maximum atomic E-state index is 13.3. The summed E-state index contributed by atoms with van der Waals surface area (Å²) in [6.07, 6.45) is 4.46. The molecule has 110 valence electrons. The number of carbonyl (C=O) groups excluding carboxylic acids is 1. The number of aliphatic hydroxyl groups is 1. The summed E-state index contributed by atoms with van der Waals surface area (Å²) in [6, 6.07) is 3.84. The molecule has 0 unspecified atom stereocenters. The van der Waals surface area contributed by atoms with Crippen LogP contribution in [0, 0.1) is 5.82 Å². The van der Waals surface area contributed by atoms with Gasteiger partial charge in [0.2, 0.25) is 0 Å². The van der Waals surface area contributed by atoms with Gasteiger partial charge in [0.15, 0.2) is 0 Å². The smallest absolute Gasteiger partial charge is 0.251 e. The van der Waals surface area contributed by atoms with Crippen LogP contribution in [0.1, 0.15) is 42.5 Å². The first-order valence-corrected chi connectivity index (χ1v) is 6.88. The van der Waals surface area contributed by atoms with E-state index in [2.05, 4.69) is 5.32 Å². The monoisotopic (exact) mass is 281 g/mol. The van der Waals surface area contributed by atoms with Gasteiger partial charge in [-0.05, 0) is 25.0 Å². The van der Waals surface area contributed by atoms with E-state index in [0.717, 1.165) is 25.3 Å². The van der Waals surface area contributed by atoms with E-state index < -0.39 is 17.3 Å². The van der Waals surface area contributed by atoms with Crippen LogP contribution in [0.3, 0.4) is 0 Å². The highest BCUT2D eigenvalue weighted by Gasteiger charge is 2.29. The fraction of sp³-hybridized carbons (Fsp3) is 0.533. The second-order valence-corrected chi connectivity index (χ2v) is 5.35. The summed E-state index contributed by atoms with van der Waals surface area (Å²) in [5.41, 5.74) is -0.632. The molecule has 0 heterocycles.